The van der Waals surface area contributed by atoms with Crippen LogP contribution in [0.1, 0.15) is 17.8 Å². The van der Waals surface area contributed by atoms with E-state index in [4.69, 9.17) is 0 Å². The second kappa shape index (κ2) is 7.68. The summed E-state index contributed by atoms with van der Waals surface area (Å²) in [4.78, 5) is 11.4. The van der Waals surface area contributed by atoms with Crippen LogP contribution in [0, 0.1) is 19.8 Å². The Morgan fingerprint density at radius 1 is 1.19 bits per heavy atom. The van der Waals surface area contributed by atoms with E-state index >= 15 is 0 Å². The predicted molar refractivity (Wildman–Crippen MR) is 112 cm³/mol. The lowest BCUT2D eigenvalue weighted by atomic mass is 10.1. The zero-order valence-corrected chi connectivity index (χ0v) is 17.1. The first-order chi connectivity index (χ1) is 13.1. The van der Waals surface area contributed by atoms with Crippen LogP contribution in [0.2, 0.25) is 0 Å². The Kier molecular flexibility index (Phi) is 5.11. The lowest BCUT2D eigenvalue weighted by Crippen LogP contribution is -2.22. The van der Waals surface area contributed by atoms with Crippen molar-refractivity contribution in [1.29, 1.82) is 0 Å². The van der Waals surface area contributed by atoms with E-state index in [1.165, 1.54) is 12.1 Å². The van der Waals surface area contributed by atoms with Crippen molar-refractivity contribution in [3.05, 3.63) is 58.6 Å². The molecule has 1 saturated heterocycles. The molecule has 1 unspecified atom stereocenters. The maximum atomic E-state index is 4.67. The molecule has 140 valence electrons. The molecule has 1 aliphatic heterocycles. The van der Waals surface area contributed by atoms with Gasteiger partial charge in [-0.2, -0.15) is 5.10 Å². The van der Waals surface area contributed by atoms with Crippen LogP contribution in [0.25, 0.3) is 5.82 Å². The first kappa shape index (κ1) is 18.0. The Morgan fingerprint density at radius 2 is 2.00 bits per heavy atom. The van der Waals surface area contributed by atoms with Crippen LogP contribution in [-0.2, 0) is 0 Å². The molecule has 0 saturated carbocycles. The molecule has 4 rings (SSSR count). The normalized spacial score (nSPS) is 16.7. The molecule has 6 nitrogen and oxygen atoms in total. The zero-order valence-electron chi connectivity index (χ0n) is 15.6. The number of hydrogen-bond acceptors (Lipinski definition) is 5. The Bertz CT molecular complexity index is 920. The van der Waals surface area contributed by atoms with E-state index in [9.17, 15) is 0 Å². The van der Waals surface area contributed by atoms with Crippen LogP contribution >= 0.6 is 15.9 Å². The van der Waals surface area contributed by atoms with Crippen molar-refractivity contribution in [3.63, 3.8) is 0 Å². The minimum absolute atomic E-state index is 0.591. The molecule has 1 aliphatic rings. The van der Waals surface area contributed by atoms with Gasteiger partial charge in [-0.3, -0.25) is 4.98 Å². The molecule has 27 heavy (non-hydrogen) atoms. The van der Waals surface area contributed by atoms with Crippen LogP contribution in [0.4, 0.5) is 11.5 Å². The smallest absolute Gasteiger partial charge is 0.174 e. The van der Waals surface area contributed by atoms with Crippen molar-refractivity contribution >= 4 is 27.4 Å². The third kappa shape index (κ3) is 4.13. The summed E-state index contributed by atoms with van der Waals surface area (Å²) in [6, 6.07) is 10.6. The van der Waals surface area contributed by atoms with Gasteiger partial charge in [0, 0.05) is 35.5 Å². The molecule has 0 aliphatic carbocycles. The fraction of sp³-hybridized carbons (Fsp3) is 0.350. The molecule has 1 atom stereocenters. The summed E-state index contributed by atoms with van der Waals surface area (Å²) in [6.45, 7) is 7.04. The van der Waals surface area contributed by atoms with Gasteiger partial charge in [0.2, 0.25) is 0 Å². The lowest BCUT2D eigenvalue weighted by Gasteiger charge is -2.19. The van der Waals surface area contributed by atoms with Gasteiger partial charge in [-0.05, 0) is 56.5 Å². The number of rotatable bonds is 5. The molecular formula is C20H23BrN6. The second-order valence-electron chi connectivity index (χ2n) is 7.06. The van der Waals surface area contributed by atoms with Gasteiger partial charge in [0.15, 0.2) is 5.82 Å². The first-order valence-corrected chi connectivity index (χ1v) is 9.98. The van der Waals surface area contributed by atoms with Gasteiger partial charge in [0.25, 0.3) is 0 Å². The molecule has 0 bridgehead atoms. The second-order valence-corrected chi connectivity index (χ2v) is 7.98. The van der Waals surface area contributed by atoms with E-state index in [1.54, 1.807) is 12.4 Å². The quantitative estimate of drug-likeness (QED) is 0.668. The van der Waals surface area contributed by atoms with E-state index in [1.807, 2.05) is 24.6 Å². The van der Waals surface area contributed by atoms with E-state index in [0.29, 0.717) is 5.92 Å². The predicted octanol–water partition coefficient (Wildman–Crippen LogP) is 3.98. The Labute approximate surface area is 167 Å². The van der Waals surface area contributed by atoms with E-state index in [0.717, 1.165) is 47.1 Å². The molecule has 3 heterocycles. The van der Waals surface area contributed by atoms with Crippen LogP contribution in [0.5, 0.6) is 0 Å². The Hall–Kier alpha value is -2.41. The van der Waals surface area contributed by atoms with Gasteiger partial charge in [-0.1, -0.05) is 15.9 Å². The van der Waals surface area contributed by atoms with Gasteiger partial charge < -0.3 is 10.2 Å². The van der Waals surface area contributed by atoms with Crippen LogP contribution < -0.4 is 10.2 Å². The number of aryl methyl sites for hydroxylation is 2. The summed E-state index contributed by atoms with van der Waals surface area (Å²) in [5, 5.41) is 7.94. The van der Waals surface area contributed by atoms with Gasteiger partial charge in [0.05, 0.1) is 18.1 Å². The van der Waals surface area contributed by atoms with Crippen LogP contribution in [0.15, 0.2) is 47.2 Å². The van der Waals surface area contributed by atoms with Crippen molar-refractivity contribution < 1.29 is 0 Å². The highest BCUT2D eigenvalue weighted by Gasteiger charge is 2.22. The van der Waals surface area contributed by atoms with Crippen molar-refractivity contribution in [2.24, 2.45) is 5.92 Å². The van der Waals surface area contributed by atoms with Gasteiger partial charge in [0.1, 0.15) is 5.82 Å². The number of nitrogens with zero attached hydrogens (tertiary/aromatic N) is 5. The molecule has 1 fully saturated rings. The highest BCUT2D eigenvalue weighted by molar-refractivity contribution is 9.10. The SMILES string of the molecule is Cc1cc(C)n(-c2cncc(NCC3CCN(c4ccc(Br)cc4)C3)n2)n1. The molecule has 2 aromatic heterocycles. The third-order valence-electron chi connectivity index (χ3n) is 4.90. The summed E-state index contributed by atoms with van der Waals surface area (Å²) in [7, 11) is 0. The minimum Gasteiger partial charge on any atom is -0.371 e. The largest absolute Gasteiger partial charge is 0.371 e. The molecule has 7 heteroatoms. The van der Waals surface area contributed by atoms with Crippen LogP contribution in [-0.4, -0.2) is 39.4 Å². The highest BCUT2D eigenvalue weighted by atomic mass is 79.9. The number of benzene rings is 1. The zero-order chi connectivity index (χ0) is 18.8. The standard InChI is InChI=1S/C20H23BrN6/c1-14-9-15(2)27(25-14)20-12-22-11-19(24-20)23-10-16-7-8-26(13-16)18-5-3-17(21)4-6-18/h3-6,9,11-12,16H,7-8,10,13H2,1-2H3,(H,23,24). The lowest BCUT2D eigenvalue weighted by molar-refractivity contribution is 0.620. The van der Waals surface area contributed by atoms with Gasteiger partial charge in [-0.15, -0.1) is 0 Å². The van der Waals surface area contributed by atoms with Crippen molar-refractivity contribution in [2.75, 3.05) is 29.9 Å². The summed E-state index contributed by atoms with van der Waals surface area (Å²) < 4.78 is 2.95. The maximum absolute atomic E-state index is 4.67. The average Bonchev–Trinajstić information content (AvgIpc) is 3.27. The number of hydrogen-bond donors (Lipinski definition) is 1. The Morgan fingerprint density at radius 3 is 2.74 bits per heavy atom. The maximum Gasteiger partial charge on any atom is 0.174 e. The first-order valence-electron chi connectivity index (χ1n) is 9.18. The Balaban J connectivity index is 1.37. The minimum atomic E-state index is 0.591. The van der Waals surface area contributed by atoms with Crippen molar-refractivity contribution in [1.82, 2.24) is 19.7 Å². The van der Waals surface area contributed by atoms with Crippen molar-refractivity contribution in [3.8, 4) is 5.82 Å². The molecule has 1 N–H and O–H groups in total. The highest BCUT2D eigenvalue weighted by Crippen LogP contribution is 2.25. The fourth-order valence-electron chi connectivity index (χ4n) is 3.54. The molecule has 0 radical (unpaired) electrons. The van der Waals surface area contributed by atoms with Gasteiger partial charge in [-0.25, -0.2) is 9.67 Å². The average molecular weight is 427 g/mol. The number of halogens is 1. The van der Waals surface area contributed by atoms with E-state index in [-0.39, 0.29) is 0 Å². The van der Waals surface area contributed by atoms with E-state index < -0.39 is 0 Å². The summed E-state index contributed by atoms with van der Waals surface area (Å²) in [5.41, 5.74) is 3.32. The fourth-order valence-corrected chi connectivity index (χ4v) is 3.80. The van der Waals surface area contributed by atoms with Crippen molar-refractivity contribution in [2.45, 2.75) is 20.3 Å². The number of nitrogens with one attached hydrogen (secondary N) is 1. The molecule has 0 amide bonds. The summed E-state index contributed by atoms with van der Waals surface area (Å²) in [6.07, 6.45) is 4.69. The third-order valence-corrected chi connectivity index (χ3v) is 5.43. The topological polar surface area (TPSA) is 58.9 Å². The van der Waals surface area contributed by atoms with Gasteiger partial charge >= 0.3 is 0 Å². The molecular weight excluding hydrogens is 404 g/mol. The molecule has 0 spiro atoms. The summed E-state index contributed by atoms with van der Waals surface area (Å²) in [5.74, 6) is 2.13. The summed E-state index contributed by atoms with van der Waals surface area (Å²) >= 11 is 3.50. The molecule has 1 aromatic carbocycles. The number of aromatic nitrogens is 4. The monoisotopic (exact) mass is 426 g/mol. The number of anilines is 2. The van der Waals surface area contributed by atoms with Crippen LogP contribution in [0.3, 0.4) is 0 Å². The molecule has 3 aromatic rings. The van der Waals surface area contributed by atoms with E-state index in [2.05, 4.69) is 65.5 Å².